The molecule has 14 heteroatoms. The monoisotopic (exact) mass is 653 g/mol. The Morgan fingerprint density at radius 3 is 2.30 bits per heavy atom. The van der Waals surface area contributed by atoms with Crippen LogP contribution in [-0.2, 0) is 10.5 Å². The van der Waals surface area contributed by atoms with Crippen LogP contribution in [0.1, 0.15) is 27.3 Å². The summed E-state index contributed by atoms with van der Waals surface area (Å²) in [4.78, 5) is 29.9. The van der Waals surface area contributed by atoms with Crippen molar-refractivity contribution in [1.29, 1.82) is 0 Å². The van der Waals surface area contributed by atoms with Crippen LogP contribution < -0.4 is 0 Å². The van der Waals surface area contributed by atoms with Gasteiger partial charge in [-0.3, -0.25) is 14.5 Å². The lowest BCUT2D eigenvalue weighted by Gasteiger charge is -2.48. The molecule has 226 valence electrons. The number of rotatable bonds is 4. The Kier molecular flexibility index (Phi) is 8.22. The maximum absolute atomic E-state index is 13.8. The summed E-state index contributed by atoms with van der Waals surface area (Å²) in [5.74, 6) is -1.20. The average molecular weight is 655 g/mol. The number of halogens is 6. The van der Waals surface area contributed by atoms with Gasteiger partial charge in [-0.05, 0) is 47.5 Å². The zero-order chi connectivity index (χ0) is 30.5. The van der Waals surface area contributed by atoms with Gasteiger partial charge in [0.15, 0.2) is 5.69 Å². The lowest BCUT2D eigenvalue weighted by molar-refractivity contribution is -0.187. The van der Waals surface area contributed by atoms with Gasteiger partial charge in [0, 0.05) is 67.4 Å². The van der Waals surface area contributed by atoms with Crippen molar-refractivity contribution in [3.8, 4) is 5.69 Å². The predicted octanol–water partition coefficient (Wildman–Crippen LogP) is 5.64. The van der Waals surface area contributed by atoms with Crippen LogP contribution in [-0.4, -0.2) is 93.5 Å². The first kappa shape index (κ1) is 30.0. The molecule has 7 nitrogen and oxygen atoms in total. The molecule has 4 heterocycles. The van der Waals surface area contributed by atoms with Crippen molar-refractivity contribution in [1.82, 2.24) is 24.5 Å². The average Bonchev–Trinajstić information content (AvgIpc) is 3.33. The maximum Gasteiger partial charge on any atom is 0.471 e. The first-order valence-electron chi connectivity index (χ1n) is 13.5. The van der Waals surface area contributed by atoms with Crippen LogP contribution in [0.4, 0.5) is 17.6 Å². The highest BCUT2D eigenvalue weighted by Crippen LogP contribution is 2.39. The van der Waals surface area contributed by atoms with E-state index in [0.29, 0.717) is 59.1 Å². The third-order valence-electron chi connectivity index (χ3n) is 7.85. The fourth-order valence-electron chi connectivity index (χ4n) is 5.59. The van der Waals surface area contributed by atoms with Gasteiger partial charge in [0.25, 0.3) is 5.91 Å². The lowest BCUT2D eigenvalue weighted by atomic mass is 10.0. The molecule has 6 rings (SSSR count). The van der Waals surface area contributed by atoms with Crippen LogP contribution >= 0.6 is 35.0 Å². The summed E-state index contributed by atoms with van der Waals surface area (Å²) in [7, 11) is 0. The fraction of sp³-hybridized carbons (Fsp3) is 0.345. The van der Waals surface area contributed by atoms with Crippen LogP contribution in [0.3, 0.4) is 0 Å². The molecule has 2 amide bonds. The van der Waals surface area contributed by atoms with Crippen LogP contribution in [0.25, 0.3) is 17.3 Å². The van der Waals surface area contributed by atoms with E-state index < -0.39 is 12.1 Å². The van der Waals surface area contributed by atoms with E-state index in [0.717, 1.165) is 27.3 Å². The van der Waals surface area contributed by atoms with Crippen LogP contribution in [0.5, 0.6) is 0 Å². The minimum atomic E-state index is -4.88. The zero-order valence-electron chi connectivity index (χ0n) is 22.6. The molecule has 0 bridgehead atoms. The molecular weight excluding hydrogens is 629 g/mol. The molecule has 0 aliphatic carbocycles. The van der Waals surface area contributed by atoms with Crippen LogP contribution in [0.15, 0.2) is 42.5 Å². The highest BCUT2D eigenvalue weighted by molar-refractivity contribution is 7.99. The van der Waals surface area contributed by atoms with Gasteiger partial charge in [0.1, 0.15) is 5.82 Å². The summed E-state index contributed by atoms with van der Waals surface area (Å²) in [6.45, 7) is 1.40. The Morgan fingerprint density at radius 1 is 0.953 bits per heavy atom. The van der Waals surface area contributed by atoms with Gasteiger partial charge in [-0.1, -0.05) is 35.3 Å². The Balaban J connectivity index is 1.25. The van der Waals surface area contributed by atoms with Gasteiger partial charge in [0.2, 0.25) is 0 Å². The molecule has 1 aromatic heterocycles. The van der Waals surface area contributed by atoms with Crippen molar-refractivity contribution in [2.24, 2.45) is 0 Å². The number of thioether (sulfide) groups is 1. The molecule has 3 aliphatic heterocycles. The summed E-state index contributed by atoms with van der Waals surface area (Å²) in [5, 5.41) is 5.59. The number of hydrogen-bond donors (Lipinski definition) is 0. The number of benzene rings is 2. The van der Waals surface area contributed by atoms with Crippen molar-refractivity contribution in [2.45, 2.75) is 18.0 Å². The number of nitrogens with zero attached hydrogens (tertiary/aromatic N) is 5. The quantitative estimate of drug-likeness (QED) is 0.341. The topological polar surface area (TPSA) is 61.7 Å². The number of alkyl halides is 3. The van der Waals surface area contributed by atoms with E-state index in [-0.39, 0.29) is 30.9 Å². The minimum absolute atomic E-state index is 0.0110. The second kappa shape index (κ2) is 11.8. The molecule has 0 unspecified atom stereocenters. The van der Waals surface area contributed by atoms with Crippen LogP contribution in [0.2, 0.25) is 10.0 Å². The third-order valence-corrected chi connectivity index (χ3v) is 9.40. The Bertz CT molecular complexity index is 1600. The van der Waals surface area contributed by atoms with E-state index >= 15 is 0 Å². The molecule has 3 aliphatic rings. The number of amides is 2. The first-order chi connectivity index (χ1) is 20.5. The van der Waals surface area contributed by atoms with Gasteiger partial charge in [-0.25, -0.2) is 9.07 Å². The van der Waals surface area contributed by atoms with Crippen molar-refractivity contribution < 1.29 is 27.2 Å². The Morgan fingerprint density at radius 2 is 1.65 bits per heavy atom. The lowest BCUT2D eigenvalue weighted by Crippen LogP contribution is -2.65. The number of aromatic nitrogens is 2. The predicted molar refractivity (Wildman–Crippen MR) is 158 cm³/mol. The molecule has 2 fully saturated rings. The Labute approximate surface area is 259 Å². The first-order valence-corrected chi connectivity index (χ1v) is 15.4. The fourth-order valence-corrected chi connectivity index (χ4v) is 7.10. The smallest absolute Gasteiger partial charge is 0.334 e. The number of piperazine rings is 1. The molecule has 2 saturated heterocycles. The minimum Gasteiger partial charge on any atom is -0.334 e. The number of carbonyl (C=O) groups excluding carboxylic acids is 2. The van der Waals surface area contributed by atoms with E-state index in [1.165, 1.54) is 12.1 Å². The van der Waals surface area contributed by atoms with Gasteiger partial charge >= 0.3 is 12.1 Å². The normalized spacial score (nSPS) is 19.0. The van der Waals surface area contributed by atoms with Crippen molar-refractivity contribution in [2.75, 3.05) is 45.0 Å². The number of fused-ring (bicyclic) bond motifs is 1. The standard InChI is InChI=1S/C29H25Cl2F4N5O2S/c30-19-3-6-24(23(31)12-19)40-26-18(11-17-1-4-20(32)5-2-17)15-43-16-22(26)25(36-40)27(41)39-13-21(14-39)37-7-9-38(10-8-37)28(42)29(33,34)35/h1-6,11-12,21H,7-10,13-16H2/b18-11+. The summed E-state index contributed by atoms with van der Waals surface area (Å²) < 4.78 is 53.6. The Hall–Kier alpha value is -3.06. The highest BCUT2D eigenvalue weighted by atomic mass is 35.5. The molecule has 0 spiro atoms. The molecule has 0 N–H and O–H groups in total. The zero-order valence-corrected chi connectivity index (χ0v) is 24.9. The third kappa shape index (κ3) is 6.02. The number of carbonyl (C=O) groups is 2. The van der Waals surface area contributed by atoms with Crippen LogP contribution in [0, 0.1) is 5.82 Å². The van der Waals surface area contributed by atoms with Gasteiger partial charge < -0.3 is 9.80 Å². The van der Waals surface area contributed by atoms with E-state index in [2.05, 4.69) is 0 Å². The second-order valence-electron chi connectivity index (χ2n) is 10.6. The van der Waals surface area contributed by atoms with Crippen molar-refractivity contribution in [3.05, 3.63) is 80.8 Å². The molecule has 0 atom stereocenters. The van der Waals surface area contributed by atoms with E-state index in [9.17, 15) is 27.2 Å². The van der Waals surface area contributed by atoms with E-state index in [1.54, 1.807) is 51.7 Å². The SMILES string of the molecule is O=C(c1nn(-c2ccc(Cl)cc2Cl)c2c1CSC/C2=C\c1ccc(F)cc1)N1CC(N2CCN(C(=O)C(F)(F)F)CC2)C1. The number of hydrogen-bond acceptors (Lipinski definition) is 5. The molecule has 0 saturated carbocycles. The number of likely N-dealkylation sites (tertiary alicyclic amines) is 1. The molecular formula is C29H25Cl2F4N5O2S. The largest absolute Gasteiger partial charge is 0.471 e. The van der Waals surface area contributed by atoms with Gasteiger partial charge in [-0.15, -0.1) is 0 Å². The maximum atomic E-state index is 13.8. The summed E-state index contributed by atoms with van der Waals surface area (Å²) >= 11 is 14.4. The summed E-state index contributed by atoms with van der Waals surface area (Å²) in [5.41, 5.74) is 4.09. The molecule has 3 aromatic rings. The van der Waals surface area contributed by atoms with E-state index in [4.69, 9.17) is 28.3 Å². The summed E-state index contributed by atoms with van der Waals surface area (Å²) in [6, 6.07) is 11.2. The molecule has 0 radical (unpaired) electrons. The van der Waals surface area contributed by atoms with Crippen molar-refractivity contribution in [3.63, 3.8) is 0 Å². The van der Waals surface area contributed by atoms with Crippen molar-refractivity contribution >= 4 is 58.4 Å². The molecule has 43 heavy (non-hydrogen) atoms. The van der Waals surface area contributed by atoms with Gasteiger partial charge in [0.05, 0.1) is 16.4 Å². The second-order valence-corrected chi connectivity index (χ2v) is 12.4. The molecule has 2 aromatic carbocycles. The van der Waals surface area contributed by atoms with E-state index in [1.807, 2.05) is 11.0 Å². The highest BCUT2D eigenvalue weighted by Gasteiger charge is 2.45. The summed E-state index contributed by atoms with van der Waals surface area (Å²) in [6.07, 6.45) is -2.93. The van der Waals surface area contributed by atoms with Gasteiger partial charge in [-0.2, -0.15) is 30.0 Å².